The van der Waals surface area contributed by atoms with Gasteiger partial charge in [-0.25, -0.2) is 4.39 Å². The van der Waals surface area contributed by atoms with Crippen LogP contribution in [0.5, 0.6) is 0 Å². The van der Waals surface area contributed by atoms with Crippen molar-refractivity contribution in [2.45, 2.75) is 45.6 Å². The fourth-order valence-electron chi connectivity index (χ4n) is 2.60. The second-order valence-corrected chi connectivity index (χ2v) is 6.66. The van der Waals surface area contributed by atoms with Crippen LogP contribution in [0.4, 0.5) is 4.39 Å². The lowest BCUT2D eigenvalue weighted by molar-refractivity contribution is 0.126. The molecule has 100 valence electrons. The molecule has 0 heterocycles. The Kier molecular flexibility index (Phi) is 4.44. The lowest BCUT2D eigenvalue weighted by atomic mass is 9.65. The Morgan fingerprint density at radius 3 is 2.67 bits per heavy atom. The molecule has 1 aromatic carbocycles. The Bertz CT molecular complexity index is 413. The molecule has 1 aliphatic rings. The number of hydrogen-bond acceptors (Lipinski definition) is 1. The topological polar surface area (TPSA) is 12.0 Å². The first kappa shape index (κ1) is 14.0. The van der Waals surface area contributed by atoms with Gasteiger partial charge in [0, 0.05) is 17.1 Å². The molecule has 1 aromatic rings. The summed E-state index contributed by atoms with van der Waals surface area (Å²) in [6.45, 7) is 5.38. The quantitative estimate of drug-likeness (QED) is 0.854. The van der Waals surface area contributed by atoms with Crippen LogP contribution in [0.25, 0.3) is 0 Å². The minimum atomic E-state index is -0.139. The van der Waals surface area contributed by atoms with E-state index in [0.717, 1.165) is 23.0 Å². The Morgan fingerprint density at radius 2 is 2.11 bits per heavy atom. The first-order valence-corrected chi connectivity index (χ1v) is 7.47. The van der Waals surface area contributed by atoms with Crippen molar-refractivity contribution in [2.24, 2.45) is 5.41 Å². The van der Waals surface area contributed by atoms with Crippen molar-refractivity contribution in [3.05, 3.63) is 34.1 Å². The lowest BCUT2D eigenvalue weighted by Gasteiger charge is -2.43. The van der Waals surface area contributed by atoms with Crippen LogP contribution in [0.15, 0.2) is 22.7 Å². The van der Waals surface area contributed by atoms with Crippen molar-refractivity contribution in [2.75, 3.05) is 6.54 Å². The van der Waals surface area contributed by atoms with E-state index in [1.54, 1.807) is 6.07 Å². The molecule has 3 heteroatoms. The molecule has 0 aromatic heterocycles. The highest BCUT2D eigenvalue weighted by Gasteiger charge is 2.37. The van der Waals surface area contributed by atoms with Crippen LogP contribution in [0, 0.1) is 11.2 Å². The third-order valence-corrected chi connectivity index (χ3v) is 4.65. The monoisotopic (exact) mass is 313 g/mol. The fraction of sp³-hybridized carbons (Fsp3) is 0.600. The van der Waals surface area contributed by atoms with Crippen molar-refractivity contribution >= 4 is 15.9 Å². The summed E-state index contributed by atoms with van der Waals surface area (Å²) in [5.74, 6) is -0.139. The summed E-state index contributed by atoms with van der Waals surface area (Å²) in [6.07, 6.45) is 4.75. The molecule has 1 aliphatic carbocycles. The molecule has 0 bridgehead atoms. The van der Waals surface area contributed by atoms with E-state index in [4.69, 9.17) is 0 Å². The van der Waals surface area contributed by atoms with Gasteiger partial charge < -0.3 is 5.32 Å². The van der Waals surface area contributed by atoms with Gasteiger partial charge in [-0.3, -0.25) is 0 Å². The van der Waals surface area contributed by atoms with Gasteiger partial charge in [0.05, 0.1) is 0 Å². The van der Waals surface area contributed by atoms with Crippen molar-refractivity contribution < 1.29 is 4.39 Å². The predicted molar refractivity (Wildman–Crippen MR) is 77.2 cm³/mol. The summed E-state index contributed by atoms with van der Waals surface area (Å²) >= 11 is 3.53. The Hall–Kier alpha value is -0.410. The zero-order valence-electron chi connectivity index (χ0n) is 11.1. The number of hydrogen-bond donors (Lipinski definition) is 1. The van der Waals surface area contributed by atoms with Gasteiger partial charge in [0.1, 0.15) is 5.82 Å². The maximum absolute atomic E-state index is 13.3. The molecule has 1 saturated carbocycles. The summed E-state index contributed by atoms with van der Waals surface area (Å²) in [6, 6.07) is 5.50. The average molecular weight is 314 g/mol. The van der Waals surface area contributed by atoms with Crippen LogP contribution >= 0.6 is 15.9 Å². The average Bonchev–Trinajstić information content (AvgIpc) is 2.26. The zero-order chi connectivity index (χ0) is 13.2. The molecule has 0 radical (unpaired) electrons. The SMILES string of the molecule is CC(C)NCC1(Cc2cc(F)ccc2Br)CCC1. The predicted octanol–water partition coefficient (Wildman–Crippen LogP) is 4.30. The van der Waals surface area contributed by atoms with Gasteiger partial charge in [0.15, 0.2) is 0 Å². The molecule has 1 fully saturated rings. The summed E-state index contributed by atoms with van der Waals surface area (Å²) in [4.78, 5) is 0. The first-order chi connectivity index (χ1) is 8.51. The number of rotatable bonds is 5. The van der Waals surface area contributed by atoms with Gasteiger partial charge in [-0.2, -0.15) is 0 Å². The van der Waals surface area contributed by atoms with E-state index in [1.807, 2.05) is 6.07 Å². The molecule has 0 amide bonds. The molecule has 0 atom stereocenters. The van der Waals surface area contributed by atoms with Crippen molar-refractivity contribution in [1.82, 2.24) is 5.32 Å². The molecule has 0 unspecified atom stereocenters. The molecule has 2 rings (SSSR count). The summed E-state index contributed by atoms with van der Waals surface area (Å²) in [7, 11) is 0. The molecular weight excluding hydrogens is 293 g/mol. The number of nitrogens with one attached hydrogen (secondary N) is 1. The van der Waals surface area contributed by atoms with E-state index in [0.29, 0.717) is 11.5 Å². The van der Waals surface area contributed by atoms with E-state index in [-0.39, 0.29) is 5.82 Å². The van der Waals surface area contributed by atoms with Crippen LogP contribution < -0.4 is 5.32 Å². The Balaban J connectivity index is 2.07. The fourth-order valence-corrected chi connectivity index (χ4v) is 2.98. The summed E-state index contributed by atoms with van der Waals surface area (Å²) in [5.41, 5.74) is 1.43. The molecule has 1 N–H and O–H groups in total. The summed E-state index contributed by atoms with van der Waals surface area (Å²) in [5, 5.41) is 3.53. The third-order valence-electron chi connectivity index (χ3n) is 3.87. The van der Waals surface area contributed by atoms with Crippen LogP contribution in [-0.2, 0) is 6.42 Å². The molecule has 0 aliphatic heterocycles. The standard InChI is InChI=1S/C15H21BrFN/c1-11(2)18-10-15(6-3-7-15)9-12-8-13(17)4-5-14(12)16/h4-5,8,11,18H,3,6-7,9-10H2,1-2H3. The van der Waals surface area contributed by atoms with Gasteiger partial charge in [-0.1, -0.05) is 36.2 Å². The second kappa shape index (κ2) is 5.70. The highest BCUT2D eigenvalue weighted by Crippen LogP contribution is 2.44. The van der Waals surface area contributed by atoms with Crippen LogP contribution in [0.1, 0.15) is 38.7 Å². The second-order valence-electron chi connectivity index (χ2n) is 5.80. The van der Waals surface area contributed by atoms with Crippen molar-refractivity contribution in [3.8, 4) is 0 Å². The van der Waals surface area contributed by atoms with E-state index in [9.17, 15) is 4.39 Å². The molecule has 0 saturated heterocycles. The van der Waals surface area contributed by atoms with Gasteiger partial charge in [-0.05, 0) is 48.4 Å². The third kappa shape index (κ3) is 3.33. The highest BCUT2D eigenvalue weighted by molar-refractivity contribution is 9.10. The Morgan fingerprint density at radius 1 is 1.39 bits per heavy atom. The minimum Gasteiger partial charge on any atom is -0.314 e. The van der Waals surface area contributed by atoms with E-state index in [1.165, 1.54) is 25.3 Å². The van der Waals surface area contributed by atoms with E-state index < -0.39 is 0 Å². The molecule has 18 heavy (non-hydrogen) atoms. The van der Waals surface area contributed by atoms with Gasteiger partial charge >= 0.3 is 0 Å². The lowest BCUT2D eigenvalue weighted by Crippen LogP contribution is -2.43. The normalized spacial score (nSPS) is 17.8. The van der Waals surface area contributed by atoms with Crippen molar-refractivity contribution in [1.29, 1.82) is 0 Å². The van der Waals surface area contributed by atoms with E-state index in [2.05, 4.69) is 35.1 Å². The number of benzene rings is 1. The Labute approximate surface area is 117 Å². The first-order valence-electron chi connectivity index (χ1n) is 6.68. The molecule has 0 spiro atoms. The maximum Gasteiger partial charge on any atom is 0.123 e. The minimum absolute atomic E-state index is 0.139. The number of halogens is 2. The summed E-state index contributed by atoms with van der Waals surface area (Å²) < 4.78 is 14.3. The van der Waals surface area contributed by atoms with Gasteiger partial charge in [0.2, 0.25) is 0 Å². The molecular formula is C15H21BrFN. The zero-order valence-corrected chi connectivity index (χ0v) is 12.7. The van der Waals surface area contributed by atoms with Gasteiger partial charge in [0.25, 0.3) is 0 Å². The van der Waals surface area contributed by atoms with Crippen LogP contribution in [0.3, 0.4) is 0 Å². The van der Waals surface area contributed by atoms with Crippen LogP contribution in [-0.4, -0.2) is 12.6 Å². The van der Waals surface area contributed by atoms with Crippen LogP contribution in [0.2, 0.25) is 0 Å². The largest absolute Gasteiger partial charge is 0.314 e. The van der Waals surface area contributed by atoms with E-state index >= 15 is 0 Å². The maximum atomic E-state index is 13.3. The highest BCUT2D eigenvalue weighted by atomic mass is 79.9. The smallest absolute Gasteiger partial charge is 0.123 e. The molecule has 1 nitrogen and oxygen atoms in total. The van der Waals surface area contributed by atoms with Gasteiger partial charge in [-0.15, -0.1) is 0 Å². The van der Waals surface area contributed by atoms with Crippen molar-refractivity contribution in [3.63, 3.8) is 0 Å².